The zero-order valence-corrected chi connectivity index (χ0v) is 20.2. The number of aromatic nitrogens is 1. The first-order valence-corrected chi connectivity index (χ1v) is 11.7. The Labute approximate surface area is 215 Å². The summed E-state index contributed by atoms with van der Waals surface area (Å²) in [5.74, 6) is -1.49. The lowest BCUT2D eigenvalue weighted by Crippen LogP contribution is -2.14. The molecule has 7 nitrogen and oxygen atoms in total. The van der Waals surface area contributed by atoms with Gasteiger partial charge in [0.15, 0.2) is 11.6 Å². The second kappa shape index (κ2) is 11.0. The maximum atomic E-state index is 14.7. The second-order valence-electron chi connectivity index (χ2n) is 9.00. The maximum absolute atomic E-state index is 14.7. The van der Waals surface area contributed by atoms with Crippen LogP contribution in [0.3, 0.4) is 0 Å². The molecular formula is C27H23F4N3O4. The average molecular weight is 529 g/mol. The summed E-state index contributed by atoms with van der Waals surface area (Å²) in [7, 11) is 0. The van der Waals surface area contributed by atoms with Crippen molar-refractivity contribution in [2.45, 2.75) is 38.8 Å². The number of pyridine rings is 1. The standard InChI is InChI=1S/C27H23F4N3O4/c1-15(35)33-20-9-17(8-19(13-20)27(29,30)31)11-21(36)10-16-2-5-24(23(28)12-16)38-22-6-7-32-25(14-22)34-26(37)18-3-4-18/h2,5-9,12-14,18H,3-4,10-11H2,1H3,(H,33,35)(H,32,34,37). The highest BCUT2D eigenvalue weighted by molar-refractivity contribution is 5.93. The third-order valence-electron chi connectivity index (χ3n) is 5.60. The van der Waals surface area contributed by atoms with Gasteiger partial charge in [0.25, 0.3) is 0 Å². The molecule has 3 aromatic rings. The first-order chi connectivity index (χ1) is 18.0. The van der Waals surface area contributed by atoms with Crippen molar-refractivity contribution in [1.29, 1.82) is 0 Å². The SMILES string of the molecule is CC(=O)Nc1cc(CC(=O)Cc2ccc(Oc3ccnc(NC(=O)C4CC4)c3)c(F)c2)cc(C(F)(F)F)c1. The fraction of sp³-hybridized carbons (Fsp3) is 0.259. The molecule has 1 aromatic heterocycles. The molecule has 0 radical (unpaired) electrons. The van der Waals surface area contributed by atoms with Gasteiger partial charge in [0.05, 0.1) is 5.56 Å². The Bertz CT molecular complexity index is 1390. The summed E-state index contributed by atoms with van der Waals surface area (Å²) in [4.78, 5) is 39.8. The zero-order chi connectivity index (χ0) is 27.4. The number of nitrogens with zero attached hydrogens (tertiary/aromatic N) is 1. The molecule has 0 spiro atoms. The van der Waals surface area contributed by atoms with Crippen LogP contribution in [0.15, 0.2) is 54.7 Å². The molecule has 0 aliphatic heterocycles. The Hall–Kier alpha value is -4.28. The van der Waals surface area contributed by atoms with Crippen LogP contribution in [-0.2, 0) is 33.4 Å². The second-order valence-corrected chi connectivity index (χ2v) is 9.00. The summed E-state index contributed by atoms with van der Waals surface area (Å²) in [5.41, 5.74) is -0.697. The first-order valence-electron chi connectivity index (χ1n) is 11.7. The van der Waals surface area contributed by atoms with Crippen LogP contribution in [0.2, 0.25) is 0 Å². The minimum absolute atomic E-state index is 0.0121. The molecule has 4 rings (SSSR count). The summed E-state index contributed by atoms with van der Waals surface area (Å²) in [6.45, 7) is 1.16. The average Bonchev–Trinajstić information content (AvgIpc) is 3.66. The normalized spacial score (nSPS) is 13.1. The van der Waals surface area contributed by atoms with Gasteiger partial charge in [-0.05, 0) is 60.4 Å². The molecular weight excluding hydrogens is 506 g/mol. The molecule has 0 saturated heterocycles. The van der Waals surface area contributed by atoms with Gasteiger partial charge in [-0.3, -0.25) is 14.4 Å². The van der Waals surface area contributed by atoms with Crippen LogP contribution in [0.1, 0.15) is 36.5 Å². The topological polar surface area (TPSA) is 97.4 Å². The molecule has 2 aromatic carbocycles. The van der Waals surface area contributed by atoms with Crippen molar-refractivity contribution in [3.63, 3.8) is 0 Å². The predicted octanol–water partition coefficient (Wildman–Crippen LogP) is 5.69. The Morgan fingerprint density at radius 2 is 1.71 bits per heavy atom. The van der Waals surface area contributed by atoms with Crippen molar-refractivity contribution < 1.29 is 36.7 Å². The van der Waals surface area contributed by atoms with E-state index in [1.807, 2.05) is 0 Å². The van der Waals surface area contributed by atoms with Crippen molar-refractivity contribution >= 4 is 29.1 Å². The molecule has 0 bridgehead atoms. The van der Waals surface area contributed by atoms with Crippen LogP contribution >= 0.6 is 0 Å². The van der Waals surface area contributed by atoms with E-state index in [2.05, 4.69) is 15.6 Å². The molecule has 0 atom stereocenters. The van der Waals surface area contributed by atoms with Crippen LogP contribution in [0, 0.1) is 11.7 Å². The fourth-order valence-corrected chi connectivity index (χ4v) is 3.73. The lowest BCUT2D eigenvalue weighted by Gasteiger charge is -2.13. The van der Waals surface area contributed by atoms with Crippen molar-refractivity contribution in [2.75, 3.05) is 10.6 Å². The minimum atomic E-state index is -4.66. The lowest BCUT2D eigenvalue weighted by atomic mass is 10.00. The van der Waals surface area contributed by atoms with Gasteiger partial charge in [0.1, 0.15) is 17.4 Å². The van der Waals surface area contributed by atoms with Gasteiger partial charge in [0.2, 0.25) is 11.8 Å². The van der Waals surface area contributed by atoms with E-state index in [1.54, 1.807) is 0 Å². The highest BCUT2D eigenvalue weighted by Gasteiger charge is 2.31. The van der Waals surface area contributed by atoms with Gasteiger partial charge in [-0.25, -0.2) is 9.37 Å². The Kier molecular flexibility index (Phi) is 7.75. The van der Waals surface area contributed by atoms with Crippen LogP contribution in [-0.4, -0.2) is 22.6 Å². The van der Waals surface area contributed by atoms with E-state index in [0.717, 1.165) is 38.0 Å². The number of nitrogens with one attached hydrogen (secondary N) is 2. The predicted molar refractivity (Wildman–Crippen MR) is 130 cm³/mol. The number of amides is 2. The number of ether oxygens (including phenoxy) is 1. The number of ketones is 1. The van der Waals surface area contributed by atoms with Crippen molar-refractivity contribution in [3.05, 3.63) is 77.2 Å². The van der Waals surface area contributed by atoms with E-state index in [4.69, 9.17) is 4.74 Å². The number of carbonyl (C=O) groups is 3. The number of alkyl halides is 3. The number of hydrogen-bond acceptors (Lipinski definition) is 5. The number of halogens is 4. The van der Waals surface area contributed by atoms with Gasteiger partial charge in [-0.15, -0.1) is 0 Å². The molecule has 1 fully saturated rings. The van der Waals surface area contributed by atoms with E-state index >= 15 is 0 Å². The van der Waals surface area contributed by atoms with Crippen molar-refractivity contribution in [2.24, 2.45) is 5.92 Å². The summed E-state index contributed by atoms with van der Waals surface area (Å²) in [6.07, 6.45) is -2.16. The smallest absolute Gasteiger partial charge is 0.416 e. The largest absolute Gasteiger partial charge is 0.454 e. The third kappa shape index (κ3) is 7.37. The quantitative estimate of drug-likeness (QED) is 0.347. The lowest BCUT2D eigenvalue weighted by molar-refractivity contribution is -0.137. The summed E-state index contributed by atoms with van der Waals surface area (Å²) >= 11 is 0. The molecule has 11 heteroatoms. The van der Waals surface area contributed by atoms with E-state index < -0.39 is 29.2 Å². The first kappa shape index (κ1) is 26.8. The molecule has 1 aliphatic carbocycles. The van der Waals surface area contributed by atoms with E-state index in [0.29, 0.717) is 5.56 Å². The Morgan fingerprint density at radius 1 is 0.974 bits per heavy atom. The Morgan fingerprint density at radius 3 is 2.37 bits per heavy atom. The number of benzene rings is 2. The van der Waals surface area contributed by atoms with Crippen LogP contribution in [0.5, 0.6) is 11.5 Å². The van der Waals surface area contributed by atoms with Crippen molar-refractivity contribution in [3.8, 4) is 11.5 Å². The Balaban J connectivity index is 1.41. The number of anilines is 2. The molecule has 1 heterocycles. The van der Waals surface area contributed by atoms with Crippen molar-refractivity contribution in [1.82, 2.24) is 4.98 Å². The fourth-order valence-electron chi connectivity index (χ4n) is 3.73. The van der Waals surface area contributed by atoms with Gasteiger partial charge in [-0.2, -0.15) is 13.2 Å². The van der Waals surface area contributed by atoms with E-state index in [9.17, 15) is 31.9 Å². The molecule has 2 N–H and O–H groups in total. The molecule has 38 heavy (non-hydrogen) atoms. The van der Waals surface area contributed by atoms with E-state index in [-0.39, 0.29) is 53.2 Å². The van der Waals surface area contributed by atoms with Gasteiger partial charge in [0, 0.05) is 43.6 Å². The maximum Gasteiger partial charge on any atom is 0.416 e. The molecule has 1 aliphatic rings. The minimum Gasteiger partial charge on any atom is -0.454 e. The van der Waals surface area contributed by atoms with Crippen LogP contribution in [0.4, 0.5) is 29.1 Å². The molecule has 2 amide bonds. The van der Waals surface area contributed by atoms with Gasteiger partial charge in [-0.1, -0.05) is 6.07 Å². The van der Waals surface area contributed by atoms with E-state index in [1.165, 1.54) is 36.5 Å². The highest BCUT2D eigenvalue weighted by Crippen LogP contribution is 2.33. The summed E-state index contributed by atoms with van der Waals surface area (Å²) in [6, 6.07) is 9.80. The van der Waals surface area contributed by atoms with Crippen LogP contribution in [0.25, 0.3) is 0 Å². The van der Waals surface area contributed by atoms with Gasteiger partial charge < -0.3 is 15.4 Å². The molecule has 1 saturated carbocycles. The number of rotatable bonds is 9. The third-order valence-corrected chi connectivity index (χ3v) is 5.60. The highest BCUT2D eigenvalue weighted by atomic mass is 19.4. The molecule has 198 valence electrons. The number of hydrogen-bond donors (Lipinski definition) is 2. The number of Topliss-reactive ketones (excluding diaryl/α,β-unsaturated/α-hetero) is 1. The molecule has 0 unspecified atom stereocenters. The summed E-state index contributed by atoms with van der Waals surface area (Å²) < 4.78 is 60.0. The zero-order valence-electron chi connectivity index (χ0n) is 20.2. The monoisotopic (exact) mass is 529 g/mol. The summed E-state index contributed by atoms with van der Waals surface area (Å²) in [5, 5.41) is 4.97. The van der Waals surface area contributed by atoms with Gasteiger partial charge >= 0.3 is 6.18 Å². The van der Waals surface area contributed by atoms with Crippen LogP contribution < -0.4 is 15.4 Å². The number of carbonyl (C=O) groups excluding carboxylic acids is 3.